The van der Waals surface area contributed by atoms with Crippen LogP contribution in [0.2, 0.25) is 5.02 Å². The lowest BCUT2D eigenvalue weighted by Crippen LogP contribution is -2.40. The highest BCUT2D eigenvalue weighted by Gasteiger charge is 2.19. The Bertz CT molecular complexity index is 1030. The monoisotopic (exact) mass is 374 g/mol. The highest BCUT2D eigenvalue weighted by Crippen LogP contribution is 2.16. The third-order valence-electron chi connectivity index (χ3n) is 4.38. The van der Waals surface area contributed by atoms with E-state index in [-0.39, 0.29) is 11.2 Å². The molecule has 1 aromatic carbocycles. The SMILES string of the molecule is CCCn1cnc2c1c(=O)n(CCC(C)C)c(=O)n2-c1ccc(Cl)cc1. The fourth-order valence-electron chi connectivity index (χ4n) is 3.00. The third-order valence-corrected chi connectivity index (χ3v) is 4.63. The average Bonchev–Trinajstić information content (AvgIpc) is 3.00. The number of benzene rings is 1. The Morgan fingerprint density at radius 1 is 1.12 bits per heavy atom. The first-order valence-corrected chi connectivity index (χ1v) is 9.28. The molecule has 0 saturated carbocycles. The predicted octanol–water partition coefficient (Wildman–Crippen LogP) is 3.46. The lowest BCUT2D eigenvalue weighted by Gasteiger charge is -2.13. The van der Waals surface area contributed by atoms with Gasteiger partial charge < -0.3 is 4.57 Å². The summed E-state index contributed by atoms with van der Waals surface area (Å²) in [5, 5.41) is 0.586. The standard InChI is InChI=1S/C19H23ClN4O2/c1-4-10-22-12-21-17-16(22)18(25)23(11-9-13(2)3)19(26)24(17)15-7-5-14(20)6-8-15/h5-8,12-13H,4,9-11H2,1-3H3. The van der Waals surface area contributed by atoms with E-state index in [0.29, 0.717) is 40.9 Å². The fraction of sp³-hybridized carbons (Fsp3) is 0.421. The Labute approximate surface area is 156 Å². The molecule has 0 fully saturated rings. The van der Waals surface area contributed by atoms with Crippen molar-refractivity contribution in [1.29, 1.82) is 0 Å². The molecule has 7 heteroatoms. The van der Waals surface area contributed by atoms with Crippen molar-refractivity contribution in [2.24, 2.45) is 5.92 Å². The van der Waals surface area contributed by atoms with Crippen LogP contribution < -0.4 is 11.2 Å². The molecule has 3 rings (SSSR count). The molecular formula is C19H23ClN4O2. The minimum Gasteiger partial charge on any atom is -0.325 e. The van der Waals surface area contributed by atoms with E-state index in [1.807, 2.05) is 11.5 Å². The maximum absolute atomic E-state index is 13.1. The second-order valence-electron chi connectivity index (χ2n) is 6.84. The number of imidazole rings is 1. The van der Waals surface area contributed by atoms with Gasteiger partial charge in [-0.2, -0.15) is 0 Å². The number of nitrogens with zero attached hydrogens (tertiary/aromatic N) is 4. The number of fused-ring (bicyclic) bond motifs is 1. The van der Waals surface area contributed by atoms with Crippen molar-refractivity contribution in [2.75, 3.05) is 0 Å². The van der Waals surface area contributed by atoms with Crippen molar-refractivity contribution in [3.05, 3.63) is 56.5 Å². The van der Waals surface area contributed by atoms with Gasteiger partial charge in [0.15, 0.2) is 11.2 Å². The average molecular weight is 375 g/mol. The molecular weight excluding hydrogens is 352 g/mol. The molecule has 0 saturated heterocycles. The van der Waals surface area contributed by atoms with Crippen LogP contribution in [-0.4, -0.2) is 18.7 Å². The van der Waals surface area contributed by atoms with Crippen LogP contribution in [0.15, 0.2) is 40.2 Å². The molecule has 3 aromatic rings. The van der Waals surface area contributed by atoms with E-state index in [2.05, 4.69) is 18.8 Å². The molecule has 0 N–H and O–H groups in total. The van der Waals surface area contributed by atoms with Crippen LogP contribution in [-0.2, 0) is 13.1 Å². The van der Waals surface area contributed by atoms with Crippen molar-refractivity contribution < 1.29 is 0 Å². The van der Waals surface area contributed by atoms with E-state index >= 15 is 0 Å². The summed E-state index contributed by atoms with van der Waals surface area (Å²) in [5.41, 5.74) is 0.847. The zero-order valence-electron chi connectivity index (χ0n) is 15.3. The Morgan fingerprint density at radius 3 is 2.42 bits per heavy atom. The Hall–Kier alpha value is -2.34. The fourth-order valence-corrected chi connectivity index (χ4v) is 3.12. The second kappa shape index (κ2) is 7.50. The molecule has 0 radical (unpaired) electrons. The van der Waals surface area contributed by atoms with Crippen molar-refractivity contribution in [2.45, 2.75) is 46.7 Å². The van der Waals surface area contributed by atoms with Crippen LogP contribution in [0.1, 0.15) is 33.6 Å². The number of hydrogen-bond donors (Lipinski definition) is 0. The van der Waals surface area contributed by atoms with Crippen LogP contribution in [0.3, 0.4) is 0 Å². The van der Waals surface area contributed by atoms with Crippen molar-refractivity contribution in [3.8, 4) is 5.69 Å². The lowest BCUT2D eigenvalue weighted by molar-refractivity contribution is 0.491. The molecule has 0 aliphatic heterocycles. The molecule has 0 spiro atoms. The van der Waals surface area contributed by atoms with Gasteiger partial charge in [-0.3, -0.25) is 9.36 Å². The maximum atomic E-state index is 13.1. The number of aromatic nitrogens is 4. The van der Waals surface area contributed by atoms with Crippen LogP contribution in [0.25, 0.3) is 16.9 Å². The van der Waals surface area contributed by atoms with E-state index < -0.39 is 0 Å². The molecule has 0 aliphatic carbocycles. The second-order valence-corrected chi connectivity index (χ2v) is 7.28. The van der Waals surface area contributed by atoms with Gasteiger partial charge in [0.25, 0.3) is 5.56 Å². The predicted molar refractivity (Wildman–Crippen MR) is 104 cm³/mol. The van der Waals surface area contributed by atoms with E-state index in [9.17, 15) is 9.59 Å². The molecule has 0 amide bonds. The number of aryl methyl sites for hydroxylation is 1. The summed E-state index contributed by atoms with van der Waals surface area (Å²) in [6.07, 6.45) is 3.26. The molecule has 0 aliphatic rings. The van der Waals surface area contributed by atoms with Crippen LogP contribution in [0.4, 0.5) is 0 Å². The Kier molecular flexibility index (Phi) is 5.32. The quantitative estimate of drug-likeness (QED) is 0.663. The minimum absolute atomic E-state index is 0.276. The first-order chi connectivity index (χ1) is 12.4. The summed E-state index contributed by atoms with van der Waals surface area (Å²) in [4.78, 5) is 30.5. The maximum Gasteiger partial charge on any atom is 0.337 e. The molecule has 0 atom stereocenters. The molecule has 6 nitrogen and oxygen atoms in total. The first kappa shape index (κ1) is 18.5. The smallest absolute Gasteiger partial charge is 0.325 e. The van der Waals surface area contributed by atoms with Crippen LogP contribution >= 0.6 is 11.6 Å². The third kappa shape index (κ3) is 3.33. The van der Waals surface area contributed by atoms with E-state index in [1.54, 1.807) is 30.6 Å². The largest absolute Gasteiger partial charge is 0.337 e. The summed E-state index contributed by atoms with van der Waals surface area (Å²) < 4.78 is 4.65. The van der Waals surface area contributed by atoms with Crippen molar-refractivity contribution in [1.82, 2.24) is 18.7 Å². The van der Waals surface area contributed by atoms with Crippen molar-refractivity contribution in [3.63, 3.8) is 0 Å². The normalized spacial score (nSPS) is 11.6. The van der Waals surface area contributed by atoms with Gasteiger partial charge in [0.05, 0.1) is 12.0 Å². The molecule has 138 valence electrons. The minimum atomic E-state index is -0.368. The van der Waals surface area contributed by atoms with E-state index in [4.69, 9.17) is 11.6 Å². The summed E-state index contributed by atoms with van der Waals surface area (Å²) in [5.74, 6) is 0.390. The Morgan fingerprint density at radius 2 is 1.81 bits per heavy atom. The van der Waals surface area contributed by atoms with Gasteiger partial charge >= 0.3 is 5.69 Å². The first-order valence-electron chi connectivity index (χ1n) is 8.90. The summed E-state index contributed by atoms with van der Waals surface area (Å²) in [6.45, 7) is 7.24. The number of hydrogen-bond acceptors (Lipinski definition) is 3. The summed E-state index contributed by atoms with van der Waals surface area (Å²) in [6, 6.07) is 6.97. The van der Waals surface area contributed by atoms with Gasteiger partial charge in [0.1, 0.15) is 0 Å². The van der Waals surface area contributed by atoms with Crippen LogP contribution in [0, 0.1) is 5.92 Å². The highest BCUT2D eigenvalue weighted by molar-refractivity contribution is 6.30. The van der Waals surface area contributed by atoms with Gasteiger partial charge in [-0.1, -0.05) is 32.4 Å². The molecule has 0 bridgehead atoms. The number of halogens is 1. The van der Waals surface area contributed by atoms with Gasteiger partial charge in [-0.25, -0.2) is 14.3 Å². The molecule has 2 heterocycles. The summed E-state index contributed by atoms with van der Waals surface area (Å²) in [7, 11) is 0. The molecule has 0 unspecified atom stereocenters. The topological polar surface area (TPSA) is 61.8 Å². The highest BCUT2D eigenvalue weighted by atomic mass is 35.5. The number of rotatable bonds is 6. The van der Waals surface area contributed by atoms with Gasteiger partial charge in [-0.05, 0) is 43.0 Å². The Balaban J connectivity index is 2.33. The zero-order valence-corrected chi connectivity index (χ0v) is 16.0. The zero-order chi connectivity index (χ0) is 18.8. The van der Waals surface area contributed by atoms with Gasteiger partial charge in [-0.15, -0.1) is 0 Å². The molecule has 26 heavy (non-hydrogen) atoms. The van der Waals surface area contributed by atoms with Gasteiger partial charge in [0, 0.05) is 18.1 Å². The van der Waals surface area contributed by atoms with Gasteiger partial charge in [0.2, 0.25) is 0 Å². The van der Waals surface area contributed by atoms with E-state index in [0.717, 1.165) is 12.8 Å². The molecule has 2 aromatic heterocycles. The summed E-state index contributed by atoms with van der Waals surface area (Å²) >= 11 is 5.98. The van der Waals surface area contributed by atoms with Crippen LogP contribution in [0.5, 0.6) is 0 Å². The lowest BCUT2D eigenvalue weighted by atomic mass is 10.1. The van der Waals surface area contributed by atoms with E-state index in [1.165, 1.54) is 9.13 Å². The van der Waals surface area contributed by atoms with Crippen molar-refractivity contribution >= 4 is 22.8 Å².